The number of rotatable bonds is 2. The first kappa shape index (κ1) is 11.5. The van der Waals surface area contributed by atoms with Crippen LogP contribution in [0.25, 0.3) is 11.0 Å². The Balaban J connectivity index is 2.84. The molecule has 5 heteroatoms. The van der Waals surface area contributed by atoms with Crippen LogP contribution in [0.3, 0.4) is 0 Å². The monoisotopic (exact) mass is 288 g/mol. The molecule has 0 N–H and O–H groups in total. The summed E-state index contributed by atoms with van der Waals surface area (Å²) in [6, 6.07) is 3.14. The fourth-order valence-corrected chi connectivity index (χ4v) is 2.26. The smallest absolute Gasteiger partial charge is 0.152 e. The lowest BCUT2D eigenvalue weighted by Crippen LogP contribution is -2.04. The van der Waals surface area contributed by atoms with Crippen LogP contribution in [-0.2, 0) is 6.67 Å². The largest absolute Gasteiger partial charge is 0.323 e. The van der Waals surface area contributed by atoms with Crippen molar-refractivity contribution < 1.29 is 8.78 Å². The molecule has 1 aromatic heterocycles. The lowest BCUT2D eigenvalue weighted by atomic mass is 10.3. The molecule has 1 heterocycles. The van der Waals surface area contributed by atoms with E-state index in [2.05, 4.69) is 20.9 Å². The Kier molecular flexibility index (Phi) is 2.97. The third-order valence-electron chi connectivity index (χ3n) is 2.42. The van der Waals surface area contributed by atoms with Crippen molar-refractivity contribution in [3.8, 4) is 0 Å². The second-order valence-corrected chi connectivity index (χ2v) is 4.80. The molecule has 2 rings (SSSR count). The van der Waals surface area contributed by atoms with Gasteiger partial charge >= 0.3 is 0 Å². The zero-order valence-corrected chi connectivity index (χ0v) is 10.6. The second kappa shape index (κ2) is 4.13. The Morgan fingerprint density at radius 1 is 1.44 bits per heavy atom. The van der Waals surface area contributed by atoms with Crippen LogP contribution in [0.1, 0.15) is 25.7 Å². The van der Waals surface area contributed by atoms with Gasteiger partial charge < -0.3 is 4.57 Å². The summed E-state index contributed by atoms with van der Waals surface area (Å²) >= 11 is 3.22. The molecule has 2 nitrogen and oxygen atoms in total. The predicted octanol–water partition coefficient (Wildman–Crippen LogP) is 3.99. The average Bonchev–Trinajstić information content (AvgIpc) is 2.56. The summed E-state index contributed by atoms with van der Waals surface area (Å²) in [5, 5.41) is 0. The van der Waals surface area contributed by atoms with E-state index in [-0.39, 0.29) is 17.4 Å². The number of hydrogen-bond acceptors (Lipinski definition) is 1. The molecule has 0 saturated carbocycles. The van der Waals surface area contributed by atoms with Crippen LogP contribution in [-0.4, -0.2) is 9.55 Å². The molecule has 0 bridgehead atoms. The van der Waals surface area contributed by atoms with Crippen LogP contribution in [0, 0.1) is 5.82 Å². The quantitative estimate of drug-likeness (QED) is 0.817. The molecule has 0 saturated heterocycles. The minimum Gasteiger partial charge on any atom is -0.323 e. The molecule has 0 atom stereocenters. The van der Waals surface area contributed by atoms with Crippen LogP contribution in [0.2, 0.25) is 0 Å². The average molecular weight is 289 g/mol. The van der Waals surface area contributed by atoms with Crippen LogP contribution in [0.15, 0.2) is 16.6 Å². The summed E-state index contributed by atoms with van der Waals surface area (Å²) in [4.78, 5) is 3.99. The van der Waals surface area contributed by atoms with E-state index in [4.69, 9.17) is 0 Å². The molecule has 0 unspecified atom stereocenters. The number of imidazole rings is 1. The normalized spacial score (nSPS) is 11.6. The van der Waals surface area contributed by atoms with Gasteiger partial charge in [-0.25, -0.2) is 13.8 Å². The van der Waals surface area contributed by atoms with Crippen molar-refractivity contribution >= 4 is 27.0 Å². The van der Waals surface area contributed by atoms with E-state index in [0.717, 1.165) is 0 Å². The van der Waals surface area contributed by atoms with Gasteiger partial charge in [-0.15, -0.1) is 0 Å². The van der Waals surface area contributed by atoms with Crippen LogP contribution in [0.5, 0.6) is 0 Å². The molecule has 0 aliphatic heterocycles. The zero-order valence-electron chi connectivity index (χ0n) is 8.97. The molecule has 2 aromatic rings. The first-order chi connectivity index (χ1) is 7.54. The maximum atomic E-state index is 13.6. The number of aromatic nitrogens is 2. The molecular formula is C11H11BrF2N2. The van der Waals surface area contributed by atoms with Crippen molar-refractivity contribution in [3.63, 3.8) is 0 Å². The summed E-state index contributed by atoms with van der Waals surface area (Å²) in [5.41, 5.74) is 0.846. The molecule has 86 valence electrons. The summed E-state index contributed by atoms with van der Waals surface area (Å²) in [6.45, 7) is 3.14. The summed E-state index contributed by atoms with van der Waals surface area (Å²) in [6.07, 6.45) is 0. The number of nitrogens with zero attached hydrogens (tertiary/aromatic N) is 2. The Hall–Kier alpha value is -0.970. The molecule has 0 fully saturated rings. The molecule has 0 amide bonds. The van der Waals surface area contributed by atoms with Crippen molar-refractivity contribution in [2.75, 3.05) is 0 Å². The van der Waals surface area contributed by atoms with Gasteiger partial charge in [-0.1, -0.05) is 15.9 Å². The number of hydrogen-bond donors (Lipinski definition) is 0. The highest BCUT2D eigenvalue weighted by atomic mass is 79.9. The minimum absolute atomic E-state index is 0.0458. The highest BCUT2D eigenvalue weighted by Crippen LogP contribution is 2.27. The maximum absolute atomic E-state index is 13.6. The van der Waals surface area contributed by atoms with Crippen LogP contribution < -0.4 is 0 Å². The van der Waals surface area contributed by atoms with Gasteiger partial charge in [-0.05, 0) is 26.0 Å². The first-order valence-electron chi connectivity index (χ1n) is 4.96. The van der Waals surface area contributed by atoms with E-state index in [0.29, 0.717) is 9.99 Å². The van der Waals surface area contributed by atoms with Gasteiger partial charge in [0.2, 0.25) is 0 Å². The highest BCUT2D eigenvalue weighted by molar-refractivity contribution is 9.10. The van der Waals surface area contributed by atoms with Crippen molar-refractivity contribution in [1.82, 2.24) is 9.55 Å². The first-order valence-corrected chi connectivity index (χ1v) is 5.75. The van der Waals surface area contributed by atoms with E-state index < -0.39 is 12.5 Å². The minimum atomic E-state index is -0.691. The Labute approximate surface area is 100 Å². The maximum Gasteiger partial charge on any atom is 0.152 e. The van der Waals surface area contributed by atoms with E-state index in [1.54, 1.807) is 10.6 Å². The number of halogens is 3. The lowest BCUT2D eigenvalue weighted by Gasteiger charge is -2.11. The number of alkyl halides is 1. The second-order valence-electron chi connectivity index (χ2n) is 3.88. The van der Waals surface area contributed by atoms with Crippen molar-refractivity contribution in [2.45, 2.75) is 26.6 Å². The Morgan fingerprint density at radius 3 is 2.69 bits per heavy atom. The predicted molar refractivity (Wildman–Crippen MR) is 62.6 cm³/mol. The highest BCUT2D eigenvalue weighted by Gasteiger charge is 2.16. The SMILES string of the molecule is CC(C)n1c(CF)nc2c(F)cc(Br)cc21. The third-order valence-corrected chi connectivity index (χ3v) is 2.88. The summed E-state index contributed by atoms with van der Waals surface area (Å²) < 4.78 is 28.8. The Bertz CT molecular complexity index is 534. The van der Waals surface area contributed by atoms with E-state index in [9.17, 15) is 8.78 Å². The summed E-state index contributed by atoms with van der Waals surface area (Å²) in [7, 11) is 0. The van der Waals surface area contributed by atoms with E-state index in [1.807, 2.05) is 13.8 Å². The summed E-state index contributed by atoms with van der Waals surface area (Å²) in [5.74, 6) is -0.166. The molecule has 0 aliphatic rings. The van der Waals surface area contributed by atoms with Gasteiger partial charge in [0.15, 0.2) is 5.82 Å². The van der Waals surface area contributed by atoms with Crippen LogP contribution >= 0.6 is 15.9 Å². The third kappa shape index (κ3) is 1.73. The number of benzene rings is 1. The molecule has 0 spiro atoms. The standard InChI is InChI=1S/C11H11BrF2N2/c1-6(2)16-9-4-7(12)3-8(14)11(9)15-10(16)5-13/h3-4,6H,5H2,1-2H3. The van der Waals surface area contributed by atoms with Crippen molar-refractivity contribution in [3.05, 3.63) is 28.2 Å². The molecule has 1 aromatic carbocycles. The lowest BCUT2D eigenvalue weighted by molar-refractivity contribution is 0.437. The van der Waals surface area contributed by atoms with Gasteiger partial charge in [-0.2, -0.15) is 0 Å². The fraction of sp³-hybridized carbons (Fsp3) is 0.364. The van der Waals surface area contributed by atoms with Gasteiger partial charge in [0.25, 0.3) is 0 Å². The van der Waals surface area contributed by atoms with Gasteiger partial charge in [0.1, 0.15) is 18.0 Å². The van der Waals surface area contributed by atoms with Gasteiger partial charge in [-0.3, -0.25) is 0 Å². The molecule has 0 radical (unpaired) electrons. The molecule has 0 aliphatic carbocycles. The van der Waals surface area contributed by atoms with Crippen molar-refractivity contribution in [1.29, 1.82) is 0 Å². The van der Waals surface area contributed by atoms with Gasteiger partial charge in [0.05, 0.1) is 5.52 Å². The van der Waals surface area contributed by atoms with Crippen LogP contribution in [0.4, 0.5) is 8.78 Å². The fourth-order valence-electron chi connectivity index (χ4n) is 1.84. The van der Waals surface area contributed by atoms with Gasteiger partial charge in [0, 0.05) is 10.5 Å². The zero-order chi connectivity index (χ0) is 11.9. The van der Waals surface area contributed by atoms with E-state index >= 15 is 0 Å². The molecular weight excluding hydrogens is 278 g/mol. The number of fused-ring (bicyclic) bond motifs is 1. The van der Waals surface area contributed by atoms with Crippen molar-refractivity contribution in [2.24, 2.45) is 0 Å². The van der Waals surface area contributed by atoms with E-state index in [1.165, 1.54) is 6.07 Å². The topological polar surface area (TPSA) is 17.8 Å². The molecule has 16 heavy (non-hydrogen) atoms. The Morgan fingerprint density at radius 2 is 2.12 bits per heavy atom.